The van der Waals surface area contributed by atoms with Crippen LogP contribution in [-0.4, -0.2) is 15.0 Å². The maximum absolute atomic E-state index is 4.44. The summed E-state index contributed by atoms with van der Waals surface area (Å²) in [5, 5.41) is 4.49. The van der Waals surface area contributed by atoms with Crippen LogP contribution in [0.1, 0.15) is 18.5 Å². The van der Waals surface area contributed by atoms with Crippen molar-refractivity contribution in [2.45, 2.75) is 13.0 Å². The maximum atomic E-state index is 4.44. The quantitative estimate of drug-likeness (QED) is 0.477. The Hall–Kier alpha value is -2.66. The Morgan fingerprint density at radius 2 is 1.76 bits per heavy atom. The minimum atomic E-state index is 0.158. The molecular formula is C20H17BrN4. The van der Waals surface area contributed by atoms with Crippen molar-refractivity contribution < 1.29 is 0 Å². The summed E-state index contributed by atoms with van der Waals surface area (Å²) in [4.78, 5) is 12.2. The molecule has 0 aliphatic heterocycles. The van der Waals surface area contributed by atoms with Gasteiger partial charge in [0.1, 0.15) is 17.8 Å². The van der Waals surface area contributed by atoms with E-state index in [0.29, 0.717) is 0 Å². The number of hydrogen-bond donors (Lipinski definition) is 2. The van der Waals surface area contributed by atoms with Crippen LogP contribution in [0.25, 0.3) is 22.3 Å². The van der Waals surface area contributed by atoms with Crippen molar-refractivity contribution in [3.8, 4) is 11.3 Å². The second kappa shape index (κ2) is 6.69. The first-order valence-corrected chi connectivity index (χ1v) is 8.91. The van der Waals surface area contributed by atoms with E-state index in [1.54, 1.807) is 6.33 Å². The molecule has 1 atom stereocenters. The predicted molar refractivity (Wildman–Crippen MR) is 106 cm³/mol. The Labute approximate surface area is 154 Å². The van der Waals surface area contributed by atoms with E-state index in [9.17, 15) is 0 Å². The monoisotopic (exact) mass is 392 g/mol. The maximum Gasteiger partial charge on any atom is 0.143 e. The van der Waals surface area contributed by atoms with Gasteiger partial charge in [-0.05, 0) is 36.2 Å². The molecule has 0 aliphatic rings. The molecule has 0 amide bonds. The molecule has 0 radical (unpaired) electrons. The second-order valence-corrected chi connectivity index (χ2v) is 6.87. The number of hydrogen-bond acceptors (Lipinski definition) is 3. The Bertz CT molecular complexity index is 993. The van der Waals surface area contributed by atoms with Crippen molar-refractivity contribution in [3.05, 3.63) is 77.0 Å². The van der Waals surface area contributed by atoms with Crippen molar-refractivity contribution in [3.63, 3.8) is 0 Å². The van der Waals surface area contributed by atoms with Gasteiger partial charge in [-0.1, -0.05) is 58.4 Å². The fraction of sp³-hybridized carbons (Fsp3) is 0.100. The summed E-state index contributed by atoms with van der Waals surface area (Å²) < 4.78 is 1.06. The van der Waals surface area contributed by atoms with Gasteiger partial charge >= 0.3 is 0 Å². The van der Waals surface area contributed by atoms with Gasteiger partial charge in [0.2, 0.25) is 0 Å². The first-order chi connectivity index (χ1) is 12.2. The van der Waals surface area contributed by atoms with Gasteiger partial charge in [-0.15, -0.1) is 0 Å². The number of anilines is 1. The van der Waals surface area contributed by atoms with Gasteiger partial charge in [0.25, 0.3) is 0 Å². The molecule has 0 aliphatic carbocycles. The van der Waals surface area contributed by atoms with Crippen molar-refractivity contribution in [1.82, 2.24) is 15.0 Å². The third-order valence-electron chi connectivity index (χ3n) is 4.23. The lowest BCUT2D eigenvalue weighted by Gasteiger charge is -2.15. The molecule has 0 saturated carbocycles. The van der Waals surface area contributed by atoms with Gasteiger partial charge in [0, 0.05) is 16.2 Å². The highest BCUT2D eigenvalue weighted by Gasteiger charge is 2.12. The standard InChI is InChI=1S/C20H17BrN4/c1-13(14-5-3-2-4-6-14)24-19-17-11-18(25-20(17)23-12-22-19)15-7-9-16(21)10-8-15/h2-13H,1H3,(H2,22,23,24,25)/t13-/m1/s1. The average molecular weight is 393 g/mol. The fourth-order valence-electron chi connectivity index (χ4n) is 2.87. The summed E-state index contributed by atoms with van der Waals surface area (Å²) in [6.45, 7) is 2.13. The van der Waals surface area contributed by atoms with E-state index in [4.69, 9.17) is 0 Å². The Morgan fingerprint density at radius 3 is 2.52 bits per heavy atom. The van der Waals surface area contributed by atoms with Crippen LogP contribution in [0.3, 0.4) is 0 Å². The van der Waals surface area contributed by atoms with Gasteiger partial charge < -0.3 is 10.3 Å². The average Bonchev–Trinajstić information content (AvgIpc) is 3.08. The summed E-state index contributed by atoms with van der Waals surface area (Å²) >= 11 is 3.47. The minimum Gasteiger partial charge on any atom is -0.363 e. The number of aromatic nitrogens is 3. The summed E-state index contributed by atoms with van der Waals surface area (Å²) in [5.74, 6) is 0.834. The van der Waals surface area contributed by atoms with Crippen molar-refractivity contribution in [2.24, 2.45) is 0 Å². The Balaban J connectivity index is 1.69. The van der Waals surface area contributed by atoms with Crippen molar-refractivity contribution in [1.29, 1.82) is 0 Å². The zero-order chi connectivity index (χ0) is 17.2. The topological polar surface area (TPSA) is 53.6 Å². The lowest BCUT2D eigenvalue weighted by Crippen LogP contribution is -2.08. The van der Waals surface area contributed by atoms with Gasteiger partial charge in [0.05, 0.1) is 5.39 Å². The van der Waals surface area contributed by atoms with Gasteiger partial charge in [0.15, 0.2) is 0 Å². The van der Waals surface area contributed by atoms with E-state index in [-0.39, 0.29) is 6.04 Å². The van der Waals surface area contributed by atoms with Crippen LogP contribution in [0.4, 0.5) is 5.82 Å². The van der Waals surface area contributed by atoms with Crippen molar-refractivity contribution in [2.75, 3.05) is 5.32 Å². The Kier molecular flexibility index (Phi) is 4.24. The molecule has 0 fully saturated rings. The van der Waals surface area contributed by atoms with Crippen LogP contribution >= 0.6 is 15.9 Å². The van der Waals surface area contributed by atoms with E-state index in [1.807, 2.05) is 30.3 Å². The lowest BCUT2D eigenvalue weighted by molar-refractivity contribution is 0.876. The van der Waals surface area contributed by atoms with E-state index in [1.165, 1.54) is 5.56 Å². The van der Waals surface area contributed by atoms with Crippen LogP contribution < -0.4 is 5.32 Å². The van der Waals surface area contributed by atoms with E-state index >= 15 is 0 Å². The number of benzene rings is 2. The smallest absolute Gasteiger partial charge is 0.143 e. The number of H-pyrrole nitrogens is 1. The van der Waals surface area contributed by atoms with Gasteiger partial charge in [-0.3, -0.25) is 0 Å². The first-order valence-electron chi connectivity index (χ1n) is 8.12. The number of fused-ring (bicyclic) bond motifs is 1. The number of nitrogens with zero attached hydrogens (tertiary/aromatic N) is 2. The summed E-state index contributed by atoms with van der Waals surface area (Å²) in [7, 11) is 0. The number of halogens is 1. The lowest BCUT2D eigenvalue weighted by atomic mass is 10.1. The molecule has 2 N–H and O–H groups in total. The number of aromatic amines is 1. The molecule has 5 heteroatoms. The van der Waals surface area contributed by atoms with E-state index in [2.05, 4.69) is 73.5 Å². The fourth-order valence-corrected chi connectivity index (χ4v) is 3.13. The molecule has 124 valence electrons. The molecule has 0 unspecified atom stereocenters. The van der Waals surface area contributed by atoms with E-state index < -0.39 is 0 Å². The molecule has 0 spiro atoms. The molecule has 4 nitrogen and oxygen atoms in total. The van der Waals surface area contributed by atoms with Crippen molar-refractivity contribution >= 4 is 32.8 Å². The molecule has 2 heterocycles. The molecule has 4 aromatic rings. The number of nitrogens with one attached hydrogen (secondary N) is 2. The molecule has 4 rings (SSSR count). The largest absolute Gasteiger partial charge is 0.363 e. The SMILES string of the molecule is C[C@@H](Nc1ncnc2[nH]c(-c3ccc(Br)cc3)cc12)c1ccccc1. The highest BCUT2D eigenvalue weighted by molar-refractivity contribution is 9.10. The zero-order valence-electron chi connectivity index (χ0n) is 13.7. The van der Waals surface area contributed by atoms with Crippen LogP contribution in [0, 0.1) is 0 Å². The second-order valence-electron chi connectivity index (χ2n) is 5.95. The molecular weight excluding hydrogens is 376 g/mol. The molecule has 25 heavy (non-hydrogen) atoms. The van der Waals surface area contributed by atoms with Gasteiger partial charge in [-0.25, -0.2) is 9.97 Å². The summed E-state index contributed by atoms with van der Waals surface area (Å²) in [5.41, 5.74) is 4.19. The third kappa shape index (κ3) is 3.28. The highest BCUT2D eigenvalue weighted by atomic mass is 79.9. The third-order valence-corrected chi connectivity index (χ3v) is 4.76. The van der Waals surface area contributed by atoms with Crippen LogP contribution in [0.5, 0.6) is 0 Å². The number of rotatable bonds is 4. The molecule has 2 aromatic heterocycles. The normalized spacial score (nSPS) is 12.2. The van der Waals surface area contributed by atoms with E-state index in [0.717, 1.165) is 32.6 Å². The summed E-state index contributed by atoms with van der Waals surface area (Å²) in [6.07, 6.45) is 1.59. The summed E-state index contributed by atoms with van der Waals surface area (Å²) in [6, 6.07) is 20.8. The zero-order valence-corrected chi connectivity index (χ0v) is 15.3. The first kappa shape index (κ1) is 15.8. The van der Waals surface area contributed by atoms with Crippen LogP contribution in [0.2, 0.25) is 0 Å². The van der Waals surface area contributed by atoms with Gasteiger partial charge in [-0.2, -0.15) is 0 Å². The Morgan fingerprint density at radius 1 is 1.00 bits per heavy atom. The minimum absolute atomic E-state index is 0.158. The molecule has 0 bridgehead atoms. The predicted octanol–water partition coefficient (Wildman–Crippen LogP) is 5.56. The van der Waals surface area contributed by atoms with Crippen LogP contribution in [-0.2, 0) is 0 Å². The highest BCUT2D eigenvalue weighted by Crippen LogP contribution is 2.29. The van der Waals surface area contributed by atoms with Crippen LogP contribution in [0.15, 0.2) is 71.5 Å². The molecule has 2 aromatic carbocycles. The molecule has 0 saturated heterocycles.